The number of hydrogen-bond acceptors (Lipinski definition) is 4. The van der Waals surface area contributed by atoms with Crippen molar-refractivity contribution >= 4 is 16.9 Å². The third kappa shape index (κ3) is 2.75. The molecule has 2 saturated heterocycles. The molecule has 122 valence electrons. The first-order chi connectivity index (χ1) is 11.1. The predicted octanol–water partition coefficient (Wildman–Crippen LogP) is 1.94. The maximum Gasteiger partial charge on any atom is 0.223 e. The summed E-state index contributed by atoms with van der Waals surface area (Å²) >= 11 is 0. The fraction of sp³-hybridized carbons (Fsp3) is 0.500. The first-order valence-corrected chi connectivity index (χ1v) is 8.26. The maximum absolute atomic E-state index is 12.5. The minimum Gasteiger partial charge on any atom is -0.461 e. The van der Waals surface area contributed by atoms with Gasteiger partial charge in [0.05, 0.1) is 6.61 Å². The van der Waals surface area contributed by atoms with E-state index in [1.54, 1.807) is 0 Å². The molecule has 0 aliphatic carbocycles. The van der Waals surface area contributed by atoms with E-state index in [2.05, 4.69) is 0 Å². The SMILES string of the molecule is N[C@@]12CCOC[C@@H]1CN(C(=O)CCc1cc3ccccc3o1)C2. The average Bonchev–Trinajstić information content (AvgIpc) is 3.12. The largest absolute Gasteiger partial charge is 0.461 e. The molecule has 23 heavy (non-hydrogen) atoms. The van der Waals surface area contributed by atoms with Gasteiger partial charge in [0.2, 0.25) is 5.91 Å². The van der Waals surface area contributed by atoms with Gasteiger partial charge in [-0.25, -0.2) is 0 Å². The van der Waals surface area contributed by atoms with E-state index in [1.807, 2.05) is 35.2 Å². The molecule has 1 aromatic heterocycles. The number of amides is 1. The van der Waals surface area contributed by atoms with E-state index < -0.39 is 0 Å². The summed E-state index contributed by atoms with van der Waals surface area (Å²) in [7, 11) is 0. The Morgan fingerprint density at radius 3 is 3.09 bits per heavy atom. The number of likely N-dealkylation sites (tertiary alicyclic amines) is 1. The third-order valence-corrected chi connectivity index (χ3v) is 5.18. The van der Waals surface area contributed by atoms with Crippen LogP contribution in [-0.2, 0) is 16.0 Å². The first kappa shape index (κ1) is 14.7. The third-order valence-electron chi connectivity index (χ3n) is 5.18. The second-order valence-electron chi connectivity index (χ2n) is 6.78. The van der Waals surface area contributed by atoms with Gasteiger partial charge in [0.15, 0.2) is 0 Å². The van der Waals surface area contributed by atoms with Crippen molar-refractivity contribution in [2.75, 3.05) is 26.3 Å². The predicted molar refractivity (Wildman–Crippen MR) is 87.0 cm³/mol. The van der Waals surface area contributed by atoms with Gasteiger partial charge in [-0.2, -0.15) is 0 Å². The van der Waals surface area contributed by atoms with E-state index in [0.717, 1.165) is 29.7 Å². The molecule has 2 N–H and O–H groups in total. The molecule has 2 fully saturated rings. The Kier molecular flexibility index (Phi) is 3.62. The minimum atomic E-state index is -0.257. The highest BCUT2D eigenvalue weighted by Crippen LogP contribution is 2.32. The molecule has 0 spiro atoms. The van der Waals surface area contributed by atoms with Gasteiger partial charge in [-0.1, -0.05) is 18.2 Å². The minimum absolute atomic E-state index is 0.157. The van der Waals surface area contributed by atoms with Crippen molar-refractivity contribution in [2.24, 2.45) is 11.7 Å². The summed E-state index contributed by atoms with van der Waals surface area (Å²) in [5.74, 6) is 1.29. The normalized spacial score (nSPS) is 27.3. The van der Waals surface area contributed by atoms with E-state index in [0.29, 0.717) is 32.6 Å². The van der Waals surface area contributed by atoms with Crippen LogP contribution in [0.25, 0.3) is 11.0 Å². The van der Waals surface area contributed by atoms with Crippen molar-refractivity contribution in [3.8, 4) is 0 Å². The van der Waals surface area contributed by atoms with Gasteiger partial charge in [-0.3, -0.25) is 4.79 Å². The summed E-state index contributed by atoms with van der Waals surface area (Å²) in [4.78, 5) is 14.4. The summed E-state index contributed by atoms with van der Waals surface area (Å²) in [5.41, 5.74) is 7.08. The second-order valence-corrected chi connectivity index (χ2v) is 6.78. The van der Waals surface area contributed by atoms with E-state index in [-0.39, 0.29) is 17.4 Å². The highest BCUT2D eigenvalue weighted by Gasteiger charge is 2.46. The van der Waals surface area contributed by atoms with Crippen LogP contribution in [0.3, 0.4) is 0 Å². The monoisotopic (exact) mass is 314 g/mol. The Hall–Kier alpha value is -1.85. The number of benzene rings is 1. The van der Waals surface area contributed by atoms with Crippen LogP contribution >= 0.6 is 0 Å². The van der Waals surface area contributed by atoms with Crippen LogP contribution in [0.15, 0.2) is 34.7 Å². The van der Waals surface area contributed by atoms with Gasteiger partial charge in [0.1, 0.15) is 11.3 Å². The number of aryl methyl sites for hydroxylation is 1. The molecule has 1 amide bonds. The van der Waals surface area contributed by atoms with Gasteiger partial charge in [-0.15, -0.1) is 0 Å². The fourth-order valence-electron chi connectivity index (χ4n) is 3.72. The maximum atomic E-state index is 12.5. The number of para-hydroxylation sites is 1. The zero-order chi connectivity index (χ0) is 15.9. The van der Waals surface area contributed by atoms with Crippen LogP contribution < -0.4 is 5.73 Å². The molecule has 0 bridgehead atoms. The Bertz CT molecular complexity index is 693. The number of ether oxygens (including phenoxy) is 1. The molecule has 0 saturated carbocycles. The van der Waals surface area contributed by atoms with E-state index in [9.17, 15) is 4.79 Å². The number of nitrogens with two attached hydrogens (primary N) is 1. The number of rotatable bonds is 3. The molecule has 2 aliphatic rings. The lowest BCUT2D eigenvalue weighted by atomic mass is 9.84. The average molecular weight is 314 g/mol. The summed E-state index contributed by atoms with van der Waals surface area (Å²) in [6.45, 7) is 2.74. The lowest BCUT2D eigenvalue weighted by Gasteiger charge is -2.34. The second kappa shape index (κ2) is 5.65. The van der Waals surface area contributed by atoms with Gasteiger partial charge in [0.25, 0.3) is 0 Å². The lowest BCUT2D eigenvalue weighted by molar-refractivity contribution is -0.130. The molecule has 3 heterocycles. The number of furan rings is 1. The number of carbonyl (C=O) groups is 1. The van der Waals surface area contributed by atoms with E-state index in [4.69, 9.17) is 14.9 Å². The van der Waals surface area contributed by atoms with Crippen molar-refractivity contribution in [1.29, 1.82) is 0 Å². The fourth-order valence-corrected chi connectivity index (χ4v) is 3.72. The smallest absolute Gasteiger partial charge is 0.223 e. The zero-order valence-electron chi connectivity index (χ0n) is 13.2. The Morgan fingerprint density at radius 1 is 1.39 bits per heavy atom. The molecule has 5 nitrogen and oxygen atoms in total. The van der Waals surface area contributed by atoms with Crippen molar-refractivity contribution in [1.82, 2.24) is 4.90 Å². The molecule has 0 radical (unpaired) electrons. The molecule has 0 unspecified atom stereocenters. The molecule has 2 atom stereocenters. The van der Waals surface area contributed by atoms with Crippen LogP contribution in [0, 0.1) is 5.92 Å². The van der Waals surface area contributed by atoms with Gasteiger partial charge >= 0.3 is 0 Å². The van der Waals surface area contributed by atoms with Crippen LogP contribution in [0.5, 0.6) is 0 Å². The zero-order valence-corrected chi connectivity index (χ0v) is 13.2. The number of carbonyl (C=O) groups excluding carboxylic acids is 1. The van der Waals surface area contributed by atoms with Crippen molar-refractivity contribution in [3.05, 3.63) is 36.1 Å². The molecule has 2 aromatic rings. The Morgan fingerprint density at radius 2 is 2.26 bits per heavy atom. The summed E-state index contributed by atoms with van der Waals surface area (Å²) in [6, 6.07) is 9.93. The van der Waals surface area contributed by atoms with Crippen LogP contribution in [-0.4, -0.2) is 42.6 Å². The van der Waals surface area contributed by atoms with Crippen molar-refractivity contribution in [2.45, 2.75) is 24.8 Å². The van der Waals surface area contributed by atoms with Crippen molar-refractivity contribution in [3.63, 3.8) is 0 Å². The first-order valence-electron chi connectivity index (χ1n) is 8.26. The number of hydrogen-bond donors (Lipinski definition) is 1. The summed E-state index contributed by atoms with van der Waals surface area (Å²) < 4.78 is 11.3. The highest BCUT2D eigenvalue weighted by molar-refractivity contribution is 5.79. The van der Waals surface area contributed by atoms with Gasteiger partial charge in [0, 0.05) is 49.4 Å². The Labute approximate surface area is 135 Å². The van der Waals surface area contributed by atoms with E-state index in [1.165, 1.54) is 0 Å². The molecular weight excluding hydrogens is 292 g/mol. The van der Waals surface area contributed by atoms with Crippen LogP contribution in [0.1, 0.15) is 18.6 Å². The molecule has 2 aliphatic heterocycles. The van der Waals surface area contributed by atoms with Crippen LogP contribution in [0.4, 0.5) is 0 Å². The number of nitrogens with zero attached hydrogens (tertiary/aromatic N) is 1. The summed E-state index contributed by atoms with van der Waals surface area (Å²) in [5, 5.41) is 1.08. The van der Waals surface area contributed by atoms with Crippen LogP contribution in [0.2, 0.25) is 0 Å². The van der Waals surface area contributed by atoms with Gasteiger partial charge in [-0.05, 0) is 18.6 Å². The Balaban J connectivity index is 1.38. The van der Waals surface area contributed by atoms with Crippen molar-refractivity contribution < 1.29 is 13.9 Å². The molecular formula is C18H22N2O3. The standard InChI is InChI=1S/C18H22N2O3/c19-18-7-8-22-11-14(18)10-20(12-18)17(21)6-5-15-9-13-3-1-2-4-16(13)23-15/h1-4,9,14H,5-8,10-12,19H2/t14-,18+/m0/s1. The quantitative estimate of drug-likeness (QED) is 0.940. The lowest BCUT2D eigenvalue weighted by Crippen LogP contribution is -2.52. The van der Waals surface area contributed by atoms with E-state index >= 15 is 0 Å². The molecule has 5 heteroatoms. The highest BCUT2D eigenvalue weighted by atomic mass is 16.5. The topological polar surface area (TPSA) is 68.7 Å². The summed E-state index contributed by atoms with van der Waals surface area (Å²) in [6.07, 6.45) is 1.93. The van der Waals surface area contributed by atoms with Gasteiger partial charge < -0.3 is 19.8 Å². The molecule has 1 aromatic carbocycles. The number of fused-ring (bicyclic) bond motifs is 2. The molecule has 4 rings (SSSR count).